The van der Waals surface area contributed by atoms with Crippen LogP contribution in [0, 0.1) is 0 Å². The Balaban J connectivity index is 1.89. The quantitative estimate of drug-likeness (QED) is 0.557. The molecule has 3 aromatic rings. The highest BCUT2D eigenvalue weighted by Crippen LogP contribution is 2.24. The lowest BCUT2D eigenvalue weighted by molar-refractivity contribution is 0.0474. The van der Waals surface area contributed by atoms with Gasteiger partial charge in [-0.05, 0) is 30.3 Å². The summed E-state index contributed by atoms with van der Waals surface area (Å²) in [5, 5.41) is 10.6. The van der Waals surface area contributed by atoms with E-state index in [1.165, 1.54) is 30.3 Å². The molecule has 0 aliphatic carbocycles. The van der Waals surface area contributed by atoms with E-state index >= 15 is 0 Å². The molecule has 0 bridgehead atoms. The van der Waals surface area contributed by atoms with Gasteiger partial charge in [-0.2, -0.15) is 0 Å². The summed E-state index contributed by atoms with van der Waals surface area (Å²) in [7, 11) is 0. The van der Waals surface area contributed by atoms with Crippen LogP contribution in [0.3, 0.4) is 0 Å². The number of aromatic hydroxyl groups is 1. The van der Waals surface area contributed by atoms with Crippen LogP contribution in [0.5, 0.6) is 5.75 Å². The fourth-order valence-electron chi connectivity index (χ4n) is 2.21. The third kappa shape index (κ3) is 3.37. The highest BCUT2D eigenvalue weighted by Gasteiger charge is 2.14. The first-order chi connectivity index (χ1) is 11.4. The lowest BCUT2D eigenvalue weighted by atomic mass is 10.1. The van der Waals surface area contributed by atoms with Crippen molar-refractivity contribution in [1.29, 1.82) is 0 Å². The van der Waals surface area contributed by atoms with E-state index in [0.717, 1.165) is 0 Å². The Morgan fingerprint density at radius 1 is 1.12 bits per heavy atom. The summed E-state index contributed by atoms with van der Waals surface area (Å²) in [6.45, 7) is -0.158. The molecule has 0 spiro atoms. The van der Waals surface area contributed by atoms with Crippen molar-refractivity contribution >= 4 is 40.1 Å². The molecule has 24 heavy (non-hydrogen) atoms. The molecule has 0 amide bonds. The molecule has 1 N–H and O–H groups in total. The van der Waals surface area contributed by atoms with Gasteiger partial charge in [0.2, 0.25) is 0 Å². The van der Waals surface area contributed by atoms with E-state index in [9.17, 15) is 14.7 Å². The van der Waals surface area contributed by atoms with Gasteiger partial charge in [0.15, 0.2) is 0 Å². The van der Waals surface area contributed by atoms with Gasteiger partial charge in [0, 0.05) is 28.1 Å². The Morgan fingerprint density at radius 2 is 1.92 bits per heavy atom. The van der Waals surface area contributed by atoms with Crippen molar-refractivity contribution in [2.45, 2.75) is 6.61 Å². The predicted octanol–water partition coefficient (Wildman–Crippen LogP) is 4.16. The lowest BCUT2D eigenvalue weighted by Crippen LogP contribution is -2.08. The van der Waals surface area contributed by atoms with E-state index < -0.39 is 11.6 Å². The number of carbonyl (C=O) groups excluding carboxylic acids is 1. The van der Waals surface area contributed by atoms with Crippen molar-refractivity contribution in [2.24, 2.45) is 0 Å². The minimum atomic E-state index is -0.664. The predicted molar refractivity (Wildman–Crippen MR) is 89.7 cm³/mol. The second-order valence-corrected chi connectivity index (χ2v) is 5.82. The Morgan fingerprint density at radius 3 is 2.71 bits per heavy atom. The summed E-state index contributed by atoms with van der Waals surface area (Å²) in [6, 6.07) is 10.0. The number of carbonyl (C=O) groups is 1. The van der Waals surface area contributed by atoms with Gasteiger partial charge in [0.1, 0.15) is 17.9 Å². The summed E-state index contributed by atoms with van der Waals surface area (Å²) < 4.78 is 10.2. The zero-order chi connectivity index (χ0) is 17.3. The normalized spacial score (nSPS) is 10.8. The number of phenolic OH excluding ortho intramolecular Hbond substituents is 1. The molecule has 3 rings (SSSR count). The first kappa shape index (κ1) is 16.4. The number of rotatable bonds is 3. The molecule has 0 saturated carbocycles. The van der Waals surface area contributed by atoms with Crippen LogP contribution in [0.15, 0.2) is 51.7 Å². The number of esters is 1. The largest absolute Gasteiger partial charge is 0.508 e. The Hall–Kier alpha value is -2.50. The maximum absolute atomic E-state index is 12.2. The summed E-state index contributed by atoms with van der Waals surface area (Å²) in [5.41, 5.74) is 0.177. The van der Waals surface area contributed by atoms with Crippen molar-refractivity contribution in [2.75, 3.05) is 0 Å². The molecule has 1 heterocycles. The van der Waals surface area contributed by atoms with E-state index in [2.05, 4.69) is 0 Å². The van der Waals surface area contributed by atoms with Crippen molar-refractivity contribution in [3.05, 3.63) is 74.1 Å². The molecule has 0 atom stereocenters. The van der Waals surface area contributed by atoms with Gasteiger partial charge in [0.25, 0.3) is 0 Å². The molecule has 122 valence electrons. The SMILES string of the molecule is O=C(OCc1cc(=O)oc2cc(O)ccc12)c1cc(Cl)ccc1Cl. The maximum atomic E-state index is 12.2. The summed E-state index contributed by atoms with van der Waals surface area (Å²) in [6.07, 6.45) is 0. The van der Waals surface area contributed by atoms with Crippen LogP contribution < -0.4 is 5.63 Å². The van der Waals surface area contributed by atoms with Gasteiger partial charge in [0.05, 0.1) is 10.6 Å². The minimum Gasteiger partial charge on any atom is -0.508 e. The van der Waals surface area contributed by atoms with Gasteiger partial charge >= 0.3 is 11.6 Å². The van der Waals surface area contributed by atoms with Gasteiger partial charge < -0.3 is 14.3 Å². The van der Waals surface area contributed by atoms with Crippen LogP contribution in [0.2, 0.25) is 10.0 Å². The second-order valence-electron chi connectivity index (χ2n) is 4.97. The number of benzene rings is 2. The van der Waals surface area contributed by atoms with Gasteiger partial charge in [-0.25, -0.2) is 9.59 Å². The Labute approximate surface area is 146 Å². The van der Waals surface area contributed by atoms with E-state index in [-0.39, 0.29) is 28.5 Å². The number of hydrogen-bond donors (Lipinski definition) is 1. The molecular formula is C17H10Cl2O5. The molecule has 5 nitrogen and oxygen atoms in total. The average molecular weight is 365 g/mol. The third-order valence-corrected chi connectivity index (χ3v) is 3.89. The van der Waals surface area contributed by atoms with Crippen LogP contribution in [0.1, 0.15) is 15.9 Å². The Bertz CT molecular complexity index is 994. The zero-order valence-electron chi connectivity index (χ0n) is 12.1. The number of fused-ring (bicyclic) bond motifs is 1. The van der Waals surface area contributed by atoms with E-state index in [0.29, 0.717) is 16.0 Å². The molecule has 0 fully saturated rings. The second kappa shape index (κ2) is 6.55. The molecule has 0 saturated heterocycles. The van der Waals surface area contributed by atoms with E-state index in [1.54, 1.807) is 12.1 Å². The first-order valence-electron chi connectivity index (χ1n) is 6.82. The number of hydrogen-bond acceptors (Lipinski definition) is 5. The fraction of sp³-hybridized carbons (Fsp3) is 0.0588. The molecular weight excluding hydrogens is 355 g/mol. The molecule has 1 aromatic heterocycles. The minimum absolute atomic E-state index is 0.0366. The molecule has 7 heteroatoms. The fourth-order valence-corrected chi connectivity index (χ4v) is 2.58. The van der Waals surface area contributed by atoms with Gasteiger partial charge in [-0.3, -0.25) is 0 Å². The molecule has 2 aromatic carbocycles. The number of halogens is 2. The highest BCUT2D eigenvalue weighted by molar-refractivity contribution is 6.35. The number of ether oxygens (including phenoxy) is 1. The maximum Gasteiger partial charge on any atom is 0.340 e. The lowest BCUT2D eigenvalue weighted by Gasteiger charge is -2.08. The van der Waals surface area contributed by atoms with Gasteiger partial charge in [-0.1, -0.05) is 23.2 Å². The highest BCUT2D eigenvalue weighted by atomic mass is 35.5. The summed E-state index contributed by atoms with van der Waals surface area (Å²) in [5.74, 6) is -0.701. The van der Waals surface area contributed by atoms with Crippen molar-refractivity contribution in [3.63, 3.8) is 0 Å². The summed E-state index contributed by atoms with van der Waals surface area (Å²) >= 11 is 11.8. The molecule has 0 aliphatic rings. The van der Waals surface area contributed by atoms with Crippen molar-refractivity contribution in [1.82, 2.24) is 0 Å². The zero-order valence-corrected chi connectivity index (χ0v) is 13.6. The smallest absolute Gasteiger partial charge is 0.340 e. The van der Waals surface area contributed by atoms with Crippen LogP contribution in [-0.4, -0.2) is 11.1 Å². The van der Waals surface area contributed by atoms with Crippen LogP contribution >= 0.6 is 23.2 Å². The van der Waals surface area contributed by atoms with Crippen molar-refractivity contribution < 1.29 is 19.1 Å². The van der Waals surface area contributed by atoms with Crippen LogP contribution in [0.4, 0.5) is 0 Å². The standard InChI is InChI=1S/C17H10Cl2O5/c18-10-1-4-14(19)13(6-10)17(22)23-8-9-5-16(21)24-15-7-11(20)2-3-12(9)15/h1-7,20H,8H2. The topological polar surface area (TPSA) is 76.7 Å². The van der Waals surface area contributed by atoms with E-state index in [1.807, 2.05) is 0 Å². The van der Waals surface area contributed by atoms with Crippen LogP contribution in [-0.2, 0) is 11.3 Å². The third-order valence-electron chi connectivity index (χ3n) is 3.32. The van der Waals surface area contributed by atoms with Gasteiger partial charge in [-0.15, -0.1) is 0 Å². The van der Waals surface area contributed by atoms with E-state index in [4.69, 9.17) is 32.4 Å². The summed E-state index contributed by atoms with van der Waals surface area (Å²) in [4.78, 5) is 23.8. The van der Waals surface area contributed by atoms with Crippen LogP contribution in [0.25, 0.3) is 11.0 Å². The molecule has 0 unspecified atom stereocenters. The first-order valence-corrected chi connectivity index (χ1v) is 7.57. The number of phenols is 1. The van der Waals surface area contributed by atoms with Crippen molar-refractivity contribution in [3.8, 4) is 5.75 Å². The Kier molecular flexibility index (Phi) is 4.46. The average Bonchev–Trinajstić information content (AvgIpc) is 2.54. The molecule has 0 aliphatic heterocycles. The monoisotopic (exact) mass is 364 g/mol. The molecule has 0 radical (unpaired) electrons.